The first-order valence-corrected chi connectivity index (χ1v) is 13.1. The number of amides is 3. The lowest BCUT2D eigenvalue weighted by Gasteiger charge is -2.43. The van der Waals surface area contributed by atoms with Crippen molar-refractivity contribution in [1.29, 1.82) is 0 Å². The lowest BCUT2D eigenvalue weighted by molar-refractivity contribution is -0.262. The smallest absolute Gasteiger partial charge is 0.328 e. The number of hydrogen-bond donors (Lipinski definition) is 1. The van der Waals surface area contributed by atoms with Crippen molar-refractivity contribution in [2.75, 3.05) is 25.1 Å². The Balaban J connectivity index is 1.54. The molecule has 4 rings (SSSR count). The van der Waals surface area contributed by atoms with Crippen LogP contribution in [0.5, 0.6) is 5.75 Å². The van der Waals surface area contributed by atoms with E-state index in [4.69, 9.17) is 37.4 Å². The average molecular weight is 550 g/mol. The van der Waals surface area contributed by atoms with E-state index in [0.29, 0.717) is 41.2 Å². The summed E-state index contributed by atoms with van der Waals surface area (Å²) in [5, 5.41) is 4.37. The third-order valence-electron chi connectivity index (χ3n) is 6.19. The second-order valence-electron chi connectivity index (χ2n) is 10.1. The molecule has 1 N–H and O–H groups in total. The predicted octanol–water partition coefficient (Wildman–Crippen LogP) is 5.77. The van der Waals surface area contributed by atoms with Gasteiger partial charge in [-0.2, -0.15) is 0 Å². The van der Waals surface area contributed by atoms with Gasteiger partial charge in [0.15, 0.2) is 5.79 Å². The van der Waals surface area contributed by atoms with E-state index in [1.165, 1.54) is 4.90 Å². The van der Waals surface area contributed by atoms with E-state index in [2.05, 4.69) is 5.32 Å². The Kier molecular flexibility index (Phi) is 8.53. The van der Waals surface area contributed by atoms with Crippen molar-refractivity contribution in [2.45, 2.75) is 58.7 Å². The molecule has 0 radical (unpaired) electrons. The molecule has 2 fully saturated rings. The fraction of sp³-hybridized carbons (Fsp3) is 0.481. The molecule has 1 unspecified atom stereocenters. The van der Waals surface area contributed by atoms with Crippen LogP contribution >= 0.6 is 23.2 Å². The standard InChI is InChI=1S/C27H33Cl2N3O5/c1-17(2)37-23-10-9-21(11-22(23)29)30-24-12-25(33)32(14-19-15-35-27(3,4)36-16-19)26(34)31(24)13-18-5-7-20(28)8-6-18/h5-11,17,19,24,30H,12-16H2,1-4H3. The number of imide groups is 1. The number of nitrogens with one attached hydrogen (secondary N) is 1. The molecule has 2 aliphatic rings. The fourth-order valence-corrected chi connectivity index (χ4v) is 4.63. The van der Waals surface area contributed by atoms with E-state index in [1.807, 2.05) is 45.9 Å². The number of carbonyl (C=O) groups is 2. The minimum absolute atomic E-state index is 0.0169. The van der Waals surface area contributed by atoms with E-state index >= 15 is 0 Å². The molecule has 0 spiro atoms. The number of carbonyl (C=O) groups excluding carboxylic acids is 2. The van der Waals surface area contributed by atoms with Gasteiger partial charge in [0.2, 0.25) is 5.91 Å². The highest BCUT2D eigenvalue weighted by molar-refractivity contribution is 6.32. The first-order valence-electron chi connectivity index (χ1n) is 12.4. The van der Waals surface area contributed by atoms with Gasteiger partial charge >= 0.3 is 6.03 Å². The van der Waals surface area contributed by atoms with Crippen molar-refractivity contribution in [3.63, 3.8) is 0 Å². The van der Waals surface area contributed by atoms with E-state index in [0.717, 1.165) is 5.56 Å². The highest BCUT2D eigenvalue weighted by Crippen LogP contribution is 2.31. The van der Waals surface area contributed by atoms with Crippen molar-refractivity contribution >= 4 is 40.8 Å². The second-order valence-corrected chi connectivity index (χ2v) is 10.9. The van der Waals surface area contributed by atoms with Gasteiger partial charge in [0.1, 0.15) is 11.9 Å². The maximum Gasteiger partial charge on any atom is 0.328 e. The van der Waals surface area contributed by atoms with Gasteiger partial charge in [-0.15, -0.1) is 0 Å². The van der Waals surface area contributed by atoms with Crippen molar-refractivity contribution in [1.82, 2.24) is 9.80 Å². The van der Waals surface area contributed by atoms with Crippen molar-refractivity contribution in [3.05, 3.63) is 58.1 Å². The molecular weight excluding hydrogens is 517 g/mol. The van der Waals surface area contributed by atoms with Crippen LogP contribution in [-0.2, 0) is 20.8 Å². The van der Waals surface area contributed by atoms with Gasteiger partial charge in [-0.1, -0.05) is 35.3 Å². The molecule has 10 heteroatoms. The SMILES string of the molecule is CC(C)Oc1ccc(NC2CC(=O)N(CC3COC(C)(C)OC3)C(=O)N2Cc2ccc(Cl)cc2)cc1Cl. The lowest BCUT2D eigenvalue weighted by Crippen LogP contribution is -2.60. The number of urea groups is 1. The van der Waals surface area contributed by atoms with Crippen LogP contribution in [0.4, 0.5) is 10.5 Å². The van der Waals surface area contributed by atoms with Crippen LogP contribution in [0.25, 0.3) is 0 Å². The van der Waals surface area contributed by atoms with E-state index in [9.17, 15) is 9.59 Å². The molecule has 2 heterocycles. The summed E-state index contributed by atoms with van der Waals surface area (Å²) in [6, 6.07) is 12.3. The summed E-state index contributed by atoms with van der Waals surface area (Å²) in [7, 11) is 0. The molecule has 2 aromatic carbocycles. The van der Waals surface area contributed by atoms with Gasteiger partial charge in [-0.3, -0.25) is 14.6 Å². The summed E-state index contributed by atoms with van der Waals surface area (Å²) in [5.41, 5.74) is 1.57. The monoisotopic (exact) mass is 549 g/mol. The zero-order valence-electron chi connectivity index (χ0n) is 21.5. The Labute approximate surface area is 227 Å². The first kappa shape index (κ1) is 27.5. The number of hydrogen-bond acceptors (Lipinski definition) is 6. The van der Waals surface area contributed by atoms with Gasteiger partial charge in [0.25, 0.3) is 0 Å². The molecule has 2 aromatic rings. The third-order valence-corrected chi connectivity index (χ3v) is 6.74. The molecule has 200 valence electrons. The molecule has 2 saturated heterocycles. The summed E-state index contributed by atoms with van der Waals surface area (Å²) in [4.78, 5) is 29.8. The minimum atomic E-state index is -0.668. The molecule has 3 amide bonds. The minimum Gasteiger partial charge on any atom is -0.489 e. The number of anilines is 1. The molecule has 1 atom stereocenters. The van der Waals surface area contributed by atoms with Crippen LogP contribution in [0.15, 0.2) is 42.5 Å². The van der Waals surface area contributed by atoms with Crippen LogP contribution in [0.3, 0.4) is 0 Å². The van der Waals surface area contributed by atoms with Gasteiger partial charge in [0.05, 0.1) is 30.8 Å². The number of nitrogens with zero attached hydrogens (tertiary/aromatic N) is 2. The normalized spacial score (nSPS) is 20.5. The Morgan fingerprint density at radius 1 is 1.08 bits per heavy atom. The maximum atomic E-state index is 13.7. The van der Waals surface area contributed by atoms with Crippen LogP contribution in [0.2, 0.25) is 10.0 Å². The Morgan fingerprint density at radius 2 is 1.76 bits per heavy atom. The zero-order valence-corrected chi connectivity index (χ0v) is 23.0. The van der Waals surface area contributed by atoms with Crippen LogP contribution in [0, 0.1) is 5.92 Å². The van der Waals surface area contributed by atoms with Crippen LogP contribution < -0.4 is 10.1 Å². The first-order chi connectivity index (χ1) is 17.5. The molecule has 0 aliphatic carbocycles. The molecule has 0 saturated carbocycles. The molecule has 2 aliphatic heterocycles. The van der Waals surface area contributed by atoms with Gasteiger partial charge in [0, 0.05) is 29.7 Å². The molecule has 0 aromatic heterocycles. The maximum absolute atomic E-state index is 13.7. The fourth-order valence-electron chi connectivity index (χ4n) is 4.28. The summed E-state index contributed by atoms with van der Waals surface area (Å²) in [6.45, 7) is 8.88. The Bertz CT molecular complexity index is 1120. The van der Waals surface area contributed by atoms with E-state index < -0.39 is 12.0 Å². The Morgan fingerprint density at radius 3 is 2.38 bits per heavy atom. The van der Waals surface area contributed by atoms with E-state index in [1.54, 1.807) is 29.2 Å². The van der Waals surface area contributed by atoms with Crippen LogP contribution in [-0.4, -0.2) is 59.6 Å². The summed E-state index contributed by atoms with van der Waals surface area (Å²) < 4.78 is 17.2. The zero-order chi connectivity index (χ0) is 26.7. The summed E-state index contributed by atoms with van der Waals surface area (Å²) in [5.74, 6) is -0.456. The molecule has 37 heavy (non-hydrogen) atoms. The van der Waals surface area contributed by atoms with Gasteiger partial charge in [-0.25, -0.2) is 4.79 Å². The van der Waals surface area contributed by atoms with Crippen molar-refractivity contribution in [3.8, 4) is 5.75 Å². The van der Waals surface area contributed by atoms with E-state index in [-0.39, 0.29) is 36.9 Å². The highest BCUT2D eigenvalue weighted by Gasteiger charge is 2.41. The van der Waals surface area contributed by atoms with Crippen molar-refractivity contribution in [2.24, 2.45) is 5.92 Å². The number of benzene rings is 2. The molecular formula is C27H33Cl2N3O5. The van der Waals surface area contributed by atoms with Crippen molar-refractivity contribution < 1.29 is 23.8 Å². The number of halogens is 2. The molecule has 8 nitrogen and oxygen atoms in total. The lowest BCUT2D eigenvalue weighted by atomic mass is 10.1. The topological polar surface area (TPSA) is 80.3 Å². The van der Waals surface area contributed by atoms with Gasteiger partial charge < -0.3 is 19.5 Å². The third kappa shape index (κ3) is 7.08. The number of rotatable bonds is 8. The summed E-state index contributed by atoms with van der Waals surface area (Å²) in [6.07, 6.45) is -0.490. The predicted molar refractivity (Wildman–Crippen MR) is 143 cm³/mol. The van der Waals surface area contributed by atoms with Crippen LogP contribution in [0.1, 0.15) is 39.7 Å². The second kappa shape index (κ2) is 11.5. The quantitative estimate of drug-likeness (QED) is 0.450. The van der Waals surface area contributed by atoms with Gasteiger partial charge in [-0.05, 0) is 63.6 Å². The largest absolute Gasteiger partial charge is 0.489 e. The Hall–Kier alpha value is -2.52. The highest BCUT2D eigenvalue weighted by atomic mass is 35.5. The summed E-state index contributed by atoms with van der Waals surface area (Å²) >= 11 is 12.5. The average Bonchev–Trinajstić information content (AvgIpc) is 2.83. The molecule has 0 bridgehead atoms. The number of ether oxygens (including phenoxy) is 3.